The summed E-state index contributed by atoms with van der Waals surface area (Å²) < 4.78 is 65.0. The van der Waals surface area contributed by atoms with E-state index < -0.39 is 40.1 Å². The molecular formula is C10H5BrF5N3. The van der Waals surface area contributed by atoms with Crippen molar-refractivity contribution in [2.45, 2.75) is 6.18 Å². The monoisotopic (exact) mass is 341 g/mol. The highest BCUT2D eigenvalue weighted by atomic mass is 79.9. The quantitative estimate of drug-likeness (QED) is 0.361. The maximum atomic E-state index is 13.8. The molecule has 0 amide bonds. The number of anilines is 1. The van der Waals surface area contributed by atoms with E-state index >= 15 is 0 Å². The van der Waals surface area contributed by atoms with Gasteiger partial charge in [-0.05, 0) is 28.1 Å². The third-order valence-corrected chi connectivity index (χ3v) is 2.95. The highest BCUT2D eigenvalue weighted by molar-refractivity contribution is 9.10. The minimum Gasteiger partial charge on any atom is -0.323 e. The summed E-state index contributed by atoms with van der Waals surface area (Å²) in [5.74, 6) is 3.00. The van der Waals surface area contributed by atoms with Crippen LogP contribution in [-0.4, -0.2) is 4.98 Å². The zero-order chi connectivity index (χ0) is 14.4. The number of halogens is 6. The van der Waals surface area contributed by atoms with Crippen LogP contribution in [0.5, 0.6) is 0 Å². The number of nitrogen functional groups attached to an aromatic ring is 1. The lowest BCUT2D eigenvalue weighted by atomic mass is 10.1. The molecule has 0 fully saturated rings. The minimum atomic E-state index is -4.80. The summed E-state index contributed by atoms with van der Waals surface area (Å²) in [5, 5.41) is -0.456. The van der Waals surface area contributed by atoms with E-state index in [-0.39, 0.29) is 4.47 Å². The third-order valence-electron chi connectivity index (χ3n) is 2.37. The number of benzene rings is 1. The van der Waals surface area contributed by atoms with E-state index in [0.29, 0.717) is 12.1 Å². The molecule has 1 aromatic carbocycles. The maximum Gasteiger partial charge on any atom is 0.433 e. The summed E-state index contributed by atoms with van der Waals surface area (Å²) in [4.78, 5) is 3.10. The Hall–Kier alpha value is -1.48. The van der Waals surface area contributed by atoms with Crippen LogP contribution in [0, 0.1) is 11.6 Å². The molecule has 2 rings (SSSR count). The lowest BCUT2D eigenvalue weighted by Crippen LogP contribution is -2.14. The second kappa shape index (κ2) is 4.57. The second-order valence-corrected chi connectivity index (χ2v) is 4.43. The first-order valence-corrected chi connectivity index (χ1v) is 5.57. The Morgan fingerprint density at radius 2 is 1.84 bits per heavy atom. The van der Waals surface area contributed by atoms with Gasteiger partial charge in [0, 0.05) is 0 Å². The van der Waals surface area contributed by atoms with Gasteiger partial charge in [-0.25, -0.2) is 13.8 Å². The van der Waals surface area contributed by atoms with Crippen molar-refractivity contribution in [3.05, 3.63) is 33.9 Å². The van der Waals surface area contributed by atoms with Crippen molar-refractivity contribution < 1.29 is 22.0 Å². The Labute approximate surface area is 111 Å². The van der Waals surface area contributed by atoms with Gasteiger partial charge in [-0.1, -0.05) is 0 Å². The second-order valence-electron chi connectivity index (χ2n) is 3.57. The van der Waals surface area contributed by atoms with Crippen LogP contribution in [-0.2, 0) is 6.18 Å². The number of aromatic nitrogens is 1. The van der Waals surface area contributed by atoms with Gasteiger partial charge in [-0.3, -0.25) is 5.84 Å². The zero-order valence-corrected chi connectivity index (χ0v) is 10.5. The van der Waals surface area contributed by atoms with Gasteiger partial charge >= 0.3 is 6.18 Å². The van der Waals surface area contributed by atoms with E-state index in [0.717, 1.165) is 0 Å². The van der Waals surface area contributed by atoms with E-state index in [1.165, 1.54) is 0 Å². The molecular weight excluding hydrogens is 337 g/mol. The van der Waals surface area contributed by atoms with E-state index in [9.17, 15) is 22.0 Å². The van der Waals surface area contributed by atoms with Crippen LogP contribution in [0.4, 0.5) is 27.6 Å². The fraction of sp³-hybridized carbons (Fsp3) is 0.100. The number of alkyl halides is 3. The van der Waals surface area contributed by atoms with Crippen molar-refractivity contribution in [1.82, 2.24) is 4.98 Å². The topological polar surface area (TPSA) is 50.9 Å². The van der Waals surface area contributed by atoms with Gasteiger partial charge in [-0.15, -0.1) is 0 Å². The molecule has 102 valence electrons. The van der Waals surface area contributed by atoms with Gasteiger partial charge in [-0.2, -0.15) is 13.2 Å². The van der Waals surface area contributed by atoms with Gasteiger partial charge < -0.3 is 5.43 Å². The summed E-state index contributed by atoms with van der Waals surface area (Å²) in [7, 11) is 0. The molecule has 0 aliphatic rings. The molecule has 19 heavy (non-hydrogen) atoms. The van der Waals surface area contributed by atoms with Gasteiger partial charge in [0.15, 0.2) is 5.82 Å². The van der Waals surface area contributed by atoms with Gasteiger partial charge in [0.2, 0.25) is 0 Å². The molecule has 0 aliphatic carbocycles. The lowest BCUT2D eigenvalue weighted by Gasteiger charge is -2.12. The van der Waals surface area contributed by atoms with Crippen LogP contribution in [0.2, 0.25) is 0 Å². The number of nitrogens with one attached hydrogen (secondary N) is 1. The summed E-state index contributed by atoms with van der Waals surface area (Å²) >= 11 is 2.75. The summed E-state index contributed by atoms with van der Waals surface area (Å²) in [5.41, 5.74) is -0.611. The molecule has 3 N–H and O–H groups in total. The molecule has 0 atom stereocenters. The first-order valence-electron chi connectivity index (χ1n) is 4.77. The molecule has 9 heteroatoms. The minimum absolute atomic E-state index is 0.240. The molecule has 3 nitrogen and oxygen atoms in total. The van der Waals surface area contributed by atoms with Crippen LogP contribution in [0.3, 0.4) is 0 Å². The van der Waals surface area contributed by atoms with Gasteiger partial charge in [0.25, 0.3) is 0 Å². The first-order chi connectivity index (χ1) is 8.75. The number of nitrogens with zero attached hydrogens (tertiary/aromatic N) is 1. The molecule has 0 radical (unpaired) electrons. The average Bonchev–Trinajstić information content (AvgIpc) is 2.33. The number of nitrogens with two attached hydrogens (primary N) is 1. The normalized spacial score (nSPS) is 11.9. The van der Waals surface area contributed by atoms with Crippen LogP contribution in [0.1, 0.15) is 5.69 Å². The van der Waals surface area contributed by atoms with Crippen LogP contribution in [0.25, 0.3) is 10.9 Å². The molecule has 0 saturated carbocycles. The Bertz CT molecular complexity index is 656. The molecule has 0 spiro atoms. The lowest BCUT2D eigenvalue weighted by molar-refractivity contribution is -0.140. The van der Waals surface area contributed by atoms with E-state index in [1.54, 1.807) is 0 Å². The van der Waals surface area contributed by atoms with Crippen molar-refractivity contribution >= 4 is 32.5 Å². The standard InChI is InChI=1S/C10H5BrF5N3/c11-3-1-4(12)9-7(8(3)13)5(19-17)2-6(18-9)10(14,15)16/h1-2H,17H2,(H,18,19). The van der Waals surface area contributed by atoms with E-state index in [2.05, 4.69) is 20.9 Å². The highest BCUT2D eigenvalue weighted by Crippen LogP contribution is 2.36. The molecule has 2 aromatic rings. The fourth-order valence-electron chi connectivity index (χ4n) is 1.56. The van der Waals surface area contributed by atoms with Crippen LogP contribution in [0.15, 0.2) is 16.6 Å². The predicted molar refractivity (Wildman–Crippen MR) is 62.2 cm³/mol. The Kier molecular flexibility index (Phi) is 3.35. The van der Waals surface area contributed by atoms with Crippen molar-refractivity contribution in [2.75, 3.05) is 5.43 Å². The van der Waals surface area contributed by atoms with Gasteiger partial charge in [0.05, 0.1) is 15.5 Å². The van der Waals surface area contributed by atoms with Gasteiger partial charge in [0.1, 0.15) is 17.0 Å². The molecule has 1 aromatic heterocycles. The van der Waals surface area contributed by atoms with E-state index in [4.69, 9.17) is 5.84 Å². The Balaban J connectivity index is 2.93. The number of fused-ring (bicyclic) bond motifs is 1. The summed E-state index contributed by atoms with van der Waals surface area (Å²) in [6, 6.07) is 1.21. The van der Waals surface area contributed by atoms with Crippen LogP contribution >= 0.6 is 15.9 Å². The third kappa shape index (κ3) is 2.35. The summed E-state index contributed by atoms with van der Waals surface area (Å²) in [6.07, 6.45) is -4.80. The van der Waals surface area contributed by atoms with Crippen molar-refractivity contribution in [3.63, 3.8) is 0 Å². The number of hydrazine groups is 1. The van der Waals surface area contributed by atoms with Crippen molar-refractivity contribution in [2.24, 2.45) is 5.84 Å². The number of hydrogen-bond acceptors (Lipinski definition) is 3. The largest absolute Gasteiger partial charge is 0.433 e. The number of rotatable bonds is 1. The molecule has 0 aliphatic heterocycles. The predicted octanol–water partition coefficient (Wildman–Crippen LogP) is 3.58. The molecule has 0 unspecified atom stereocenters. The zero-order valence-electron chi connectivity index (χ0n) is 8.95. The summed E-state index contributed by atoms with van der Waals surface area (Å²) in [6.45, 7) is 0. The molecule has 1 heterocycles. The fourth-order valence-corrected chi connectivity index (χ4v) is 1.96. The smallest absolute Gasteiger partial charge is 0.323 e. The Morgan fingerprint density at radius 1 is 1.21 bits per heavy atom. The van der Waals surface area contributed by atoms with E-state index in [1.807, 2.05) is 5.43 Å². The highest BCUT2D eigenvalue weighted by Gasteiger charge is 2.34. The SMILES string of the molecule is NNc1cc(C(F)(F)F)nc2c(F)cc(Br)c(F)c12. The van der Waals surface area contributed by atoms with Crippen molar-refractivity contribution in [3.8, 4) is 0 Å². The molecule has 0 bridgehead atoms. The first kappa shape index (κ1) is 13.9. The number of pyridine rings is 1. The van der Waals surface area contributed by atoms with Crippen LogP contribution < -0.4 is 11.3 Å². The molecule has 0 saturated heterocycles. The van der Waals surface area contributed by atoms with Crippen molar-refractivity contribution in [1.29, 1.82) is 0 Å². The Morgan fingerprint density at radius 3 is 2.37 bits per heavy atom. The average molecular weight is 342 g/mol. The number of hydrogen-bond donors (Lipinski definition) is 2. The maximum absolute atomic E-state index is 13.8.